The van der Waals surface area contributed by atoms with Crippen molar-refractivity contribution in [2.45, 2.75) is 23.8 Å². The zero-order valence-electron chi connectivity index (χ0n) is 15.7. The molecule has 1 saturated heterocycles. The van der Waals surface area contributed by atoms with Crippen LogP contribution in [0.4, 0.5) is 5.69 Å². The average Bonchev–Trinajstić information content (AvgIpc) is 3.25. The number of amides is 1. The van der Waals surface area contributed by atoms with Crippen LogP contribution >= 0.6 is 0 Å². The van der Waals surface area contributed by atoms with Crippen molar-refractivity contribution in [2.24, 2.45) is 0 Å². The Kier molecular flexibility index (Phi) is 5.59. The molecule has 0 radical (unpaired) electrons. The Balaban J connectivity index is 1.52. The van der Waals surface area contributed by atoms with Crippen molar-refractivity contribution in [3.63, 3.8) is 0 Å². The predicted molar refractivity (Wildman–Crippen MR) is 106 cm³/mol. The van der Waals surface area contributed by atoms with Gasteiger partial charge in [-0.2, -0.15) is 0 Å². The second-order valence-corrected chi connectivity index (χ2v) is 8.48. The van der Waals surface area contributed by atoms with Gasteiger partial charge in [0, 0.05) is 19.2 Å². The van der Waals surface area contributed by atoms with E-state index < -0.39 is 10.0 Å². The van der Waals surface area contributed by atoms with Gasteiger partial charge in [-0.25, -0.2) is 8.42 Å². The lowest BCUT2D eigenvalue weighted by Crippen LogP contribution is -2.32. The van der Waals surface area contributed by atoms with E-state index in [1.54, 1.807) is 30.3 Å². The molecule has 2 aliphatic rings. The van der Waals surface area contributed by atoms with Crippen LogP contribution in [0.15, 0.2) is 47.4 Å². The van der Waals surface area contributed by atoms with Crippen LogP contribution in [0, 0.1) is 0 Å². The molecule has 0 aromatic heterocycles. The number of rotatable bonds is 6. The molecule has 0 spiro atoms. The lowest BCUT2D eigenvalue weighted by Gasteiger charge is -2.19. The van der Waals surface area contributed by atoms with Crippen molar-refractivity contribution in [2.75, 3.05) is 31.1 Å². The monoisotopic (exact) mass is 418 g/mol. The van der Waals surface area contributed by atoms with Crippen LogP contribution in [-0.4, -0.2) is 46.8 Å². The molecular weight excluding hydrogens is 396 g/mol. The molecule has 2 aromatic rings. The molecule has 0 aliphatic carbocycles. The van der Waals surface area contributed by atoms with Crippen LogP contribution in [0.5, 0.6) is 11.5 Å². The number of carbonyl (C=O) groups is 1. The molecule has 8 nitrogen and oxygen atoms in total. The van der Waals surface area contributed by atoms with Crippen LogP contribution in [0.1, 0.15) is 23.2 Å². The van der Waals surface area contributed by atoms with Gasteiger partial charge in [0.15, 0.2) is 11.5 Å². The van der Waals surface area contributed by atoms with Gasteiger partial charge in [-0.1, -0.05) is 12.1 Å². The molecule has 9 heteroatoms. The van der Waals surface area contributed by atoms with E-state index in [1.807, 2.05) is 0 Å². The van der Waals surface area contributed by atoms with Gasteiger partial charge in [0.25, 0.3) is 15.9 Å². The normalized spacial score (nSPS) is 18.3. The fraction of sp³-hybridized carbons (Fsp3) is 0.350. The highest BCUT2D eigenvalue weighted by Crippen LogP contribution is 2.33. The molecule has 2 N–H and O–H groups in total. The van der Waals surface area contributed by atoms with Gasteiger partial charge in [-0.15, -0.1) is 0 Å². The van der Waals surface area contributed by atoms with Gasteiger partial charge in [0.2, 0.25) is 0 Å². The predicted octanol–water partition coefficient (Wildman–Crippen LogP) is 2.17. The second kappa shape index (κ2) is 8.30. The highest BCUT2D eigenvalue weighted by Gasteiger charge is 2.22. The van der Waals surface area contributed by atoms with Crippen molar-refractivity contribution in [1.82, 2.24) is 5.32 Å². The van der Waals surface area contributed by atoms with Gasteiger partial charge in [0.1, 0.15) is 13.2 Å². The summed E-state index contributed by atoms with van der Waals surface area (Å²) >= 11 is 0. The minimum atomic E-state index is -3.92. The number of hydrogen-bond donors (Lipinski definition) is 2. The summed E-state index contributed by atoms with van der Waals surface area (Å²) in [6.45, 7) is 1.87. The zero-order valence-corrected chi connectivity index (χ0v) is 16.5. The van der Waals surface area contributed by atoms with Crippen molar-refractivity contribution in [3.8, 4) is 11.5 Å². The summed E-state index contributed by atoms with van der Waals surface area (Å²) in [4.78, 5) is 12.6. The first-order valence-electron chi connectivity index (χ1n) is 9.44. The molecule has 154 valence electrons. The van der Waals surface area contributed by atoms with Gasteiger partial charge < -0.3 is 19.5 Å². The van der Waals surface area contributed by atoms with E-state index in [-0.39, 0.29) is 28.2 Å². The molecule has 0 bridgehead atoms. The number of carbonyl (C=O) groups excluding carboxylic acids is 1. The molecule has 29 heavy (non-hydrogen) atoms. The number of fused-ring (bicyclic) bond motifs is 1. The van der Waals surface area contributed by atoms with Crippen LogP contribution in [0.3, 0.4) is 0 Å². The molecule has 0 unspecified atom stereocenters. The summed E-state index contributed by atoms with van der Waals surface area (Å²) in [7, 11) is -3.92. The molecule has 1 atom stereocenters. The fourth-order valence-corrected chi connectivity index (χ4v) is 4.37. The highest BCUT2D eigenvalue weighted by atomic mass is 32.2. The summed E-state index contributed by atoms with van der Waals surface area (Å²) < 4.78 is 44.6. The average molecular weight is 418 g/mol. The number of sulfonamides is 1. The molecule has 0 saturated carbocycles. The summed E-state index contributed by atoms with van der Waals surface area (Å²) in [5, 5.41) is 2.81. The topological polar surface area (TPSA) is 103 Å². The lowest BCUT2D eigenvalue weighted by molar-refractivity contribution is 0.0858. The maximum atomic E-state index is 12.9. The third-order valence-corrected chi connectivity index (χ3v) is 6.12. The highest BCUT2D eigenvalue weighted by molar-refractivity contribution is 7.92. The minimum absolute atomic E-state index is 0.000480. The van der Waals surface area contributed by atoms with E-state index in [0.717, 1.165) is 12.8 Å². The van der Waals surface area contributed by atoms with Crippen LogP contribution in [0.2, 0.25) is 0 Å². The van der Waals surface area contributed by atoms with Crippen molar-refractivity contribution in [1.29, 1.82) is 0 Å². The quantitative estimate of drug-likeness (QED) is 0.745. The maximum Gasteiger partial charge on any atom is 0.262 e. The Bertz CT molecular complexity index is 1000. The van der Waals surface area contributed by atoms with Gasteiger partial charge in [0.05, 0.1) is 22.3 Å². The largest absolute Gasteiger partial charge is 0.486 e. The van der Waals surface area contributed by atoms with Crippen molar-refractivity contribution >= 4 is 21.6 Å². The lowest BCUT2D eigenvalue weighted by atomic mass is 10.1. The van der Waals surface area contributed by atoms with Crippen molar-refractivity contribution in [3.05, 3.63) is 48.0 Å². The number of nitrogens with one attached hydrogen (secondary N) is 2. The molecule has 2 aromatic carbocycles. The van der Waals surface area contributed by atoms with E-state index in [9.17, 15) is 13.2 Å². The molecule has 1 amide bonds. The zero-order chi connectivity index (χ0) is 20.3. The molecule has 2 heterocycles. The van der Waals surface area contributed by atoms with E-state index in [0.29, 0.717) is 37.9 Å². The second-order valence-electron chi connectivity index (χ2n) is 6.80. The van der Waals surface area contributed by atoms with Gasteiger partial charge in [-0.05, 0) is 37.1 Å². The number of anilines is 1. The smallest absolute Gasteiger partial charge is 0.262 e. The van der Waals surface area contributed by atoms with E-state index in [2.05, 4.69) is 10.0 Å². The number of benzene rings is 2. The van der Waals surface area contributed by atoms with E-state index in [4.69, 9.17) is 14.2 Å². The third-order valence-electron chi connectivity index (χ3n) is 4.75. The first-order chi connectivity index (χ1) is 14.0. The van der Waals surface area contributed by atoms with Gasteiger partial charge >= 0.3 is 0 Å². The number of ether oxygens (including phenoxy) is 3. The molecule has 4 rings (SSSR count). The summed E-state index contributed by atoms with van der Waals surface area (Å²) in [6.07, 6.45) is 1.88. The number of para-hydroxylation sites is 1. The van der Waals surface area contributed by atoms with Crippen LogP contribution in [0.25, 0.3) is 0 Å². The Morgan fingerprint density at radius 2 is 1.83 bits per heavy atom. The molecular formula is C20H22N2O6S. The summed E-state index contributed by atoms with van der Waals surface area (Å²) in [5.74, 6) is 0.520. The Morgan fingerprint density at radius 3 is 2.62 bits per heavy atom. The van der Waals surface area contributed by atoms with E-state index >= 15 is 0 Å². The summed E-state index contributed by atoms with van der Waals surface area (Å²) in [5.41, 5.74) is 0.443. The summed E-state index contributed by atoms with van der Waals surface area (Å²) in [6, 6.07) is 10.9. The van der Waals surface area contributed by atoms with E-state index in [1.165, 1.54) is 12.1 Å². The number of hydrogen-bond acceptors (Lipinski definition) is 6. The van der Waals surface area contributed by atoms with Crippen LogP contribution < -0.4 is 19.5 Å². The Labute approximate surface area is 169 Å². The minimum Gasteiger partial charge on any atom is -0.486 e. The van der Waals surface area contributed by atoms with Crippen molar-refractivity contribution < 1.29 is 27.4 Å². The van der Waals surface area contributed by atoms with Crippen LogP contribution in [-0.2, 0) is 14.8 Å². The molecule has 1 fully saturated rings. The first kappa shape index (κ1) is 19.5. The fourth-order valence-electron chi connectivity index (χ4n) is 3.27. The third kappa shape index (κ3) is 4.46. The van der Waals surface area contributed by atoms with Gasteiger partial charge in [-0.3, -0.25) is 9.52 Å². The Morgan fingerprint density at radius 1 is 1.03 bits per heavy atom. The Hall–Kier alpha value is -2.78. The molecule has 2 aliphatic heterocycles. The standard InChI is InChI=1S/C20H22N2O6S/c23-20(21-13-14-4-3-9-26-14)16-5-1-2-6-17(16)22-29(24,25)15-7-8-18-19(12-15)28-11-10-27-18/h1-2,5-8,12,14,22H,3-4,9-11,13H2,(H,21,23)/t14-/m1/s1. The maximum absolute atomic E-state index is 12.9. The first-order valence-corrected chi connectivity index (χ1v) is 10.9. The SMILES string of the molecule is O=C(NC[C@H]1CCCO1)c1ccccc1NS(=O)(=O)c1ccc2c(c1)OCCO2.